The summed E-state index contributed by atoms with van der Waals surface area (Å²) in [5.41, 5.74) is 6.24. The van der Waals surface area contributed by atoms with Gasteiger partial charge in [0.05, 0.1) is 16.9 Å². The van der Waals surface area contributed by atoms with Crippen molar-refractivity contribution >= 4 is 23.3 Å². The molecule has 0 amide bonds. The van der Waals surface area contributed by atoms with Crippen LogP contribution < -0.4 is 11.1 Å². The first-order valence-electron chi connectivity index (χ1n) is 4.54. The lowest BCUT2D eigenvalue weighted by Crippen LogP contribution is -2.26. The van der Waals surface area contributed by atoms with E-state index in [4.69, 9.17) is 15.9 Å². The molecule has 0 aliphatic rings. The molecular formula is C10H12N2O4. The normalized spacial score (nSPS) is 11.8. The maximum absolute atomic E-state index is 10.7. The van der Waals surface area contributed by atoms with Crippen molar-refractivity contribution < 1.29 is 19.8 Å². The predicted molar refractivity (Wildman–Crippen MR) is 58.5 cm³/mol. The lowest BCUT2D eigenvalue weighted by molar-refractivity contribution is -0.137. The average molecular weight is 224 g/mol. The molecule has 0 saturated carbocycles. The number of carboxylic acids is 2. The Morgan fingerprint density at radius 2 is 2.00 bits per heavy atom. The second-order valence-corrected chi connectivity index (χ2v) is 3.31. The summed E-state index contributed by atoms with van der Waals surface area (Å²) in [7, 11) is 0. The highest BCUT2D eigenvalue weighted by atomic mass is 16.4. The second-order valence-electron chi connectivity index (χ2n) is 3.31. The van der Waals surface area contributed by atoms with Crippen molar-refractivity contribution in [3.63, 3.8) is 0 Å². The third-order valence-electron chi connectivity index (χ3n) is 2.04. The summed E-state index contributed by atoms with van der Waals surface area (Å²) in [6.45, 7) is 1.44. The second kappa shape index (κ2) is 4.52. The molecule has 1 atom stereocenters. The summed E-state index contributed by atoms with van der Waals surface area (Å²) in [6.07, 6.45) is 0. The fourth-order valence-electron chi connectivity index (χ4n) is 1.11. The molecule has 0 heterocycles. The topological polar surface area (TPSA) is 113 Å². The molecule has 86 valence electrons. The fourth-order valence-corrected chi connectivity index (χ4v) is 1.11. The number of anilines is 2. The number of hydrogen-bond donors (Lipinski definition) is 4. The van der Waals surface area contributed by atoms with Gasteiger partial charge in [-0.15, -0.1) is 0 Å². The van der Waals surface area contributed by atoms with Gasteiger partial charge in [-0.2, -0.15) is 0 Å². The van der Waals surface area contributed by atoms with E-state index in [1.807, 2.05) is 0 Å². The first-order valence-corrected chi connectivity index (χ1v) is 4.54. The zero-order valence-corrected chi connectivity index (χ0v) is 8.60. The molecule has 1 rings (SSSR count). The molecule has 0 aliphatic heterocycles. The number of hydrogen-bond acceptors (Lipinski definition) is 4. The molecule has 0 spiro atoms. The van der Waals surface area contributed by atoms with Crippen LogP contribution in [0.2, 0.25) is 0 Å². The predicted octanol–water partition coefficient (Wildman–Crippen LogP) is 0.852. The van der Waals surface area contributed by atoms with Crippen molar-refractivity contribution in [3.8, 4) is 0 Å². The smallest absolute Gasteiger partial charge is 0.335 e. The van der Waals surface area contributed by atoms with Gasteiger partial charge >= 0.3 is 11.9 Å². The molecule has 5 N–H and O–H groups in total. The number of benzene rings is 1. The van der Waals surface area contributed by atoms with Crippen LogP contribution in [0.1, 0.15) is 17.3 Å². The number of rotatable bonds is 4. The molecular weight excluding hydrogens is 212 g/mol. The molecule has 1 unspecified atom stereocenters. The minimum atomic E-state index is -1.09. The van der Waals surface area contributed by atoms with Crippen LogP contribution in [0.3, 0.4) is 0 Å². The highest BCUT2D eigenvalue weighted by Crippen LogP contribution is 2.20. The summed E-state index contributed by atoms with van der Waals surface area (Å²) in [6, 6.07) is 3.23. The number of carboxylic acid groups (broad SMARTS) is 2. The number of carbonyl (C=O) groups is 2. The standard InChI is InChI=1S/C10H12N2O4/c1-5(9(13)14)12-8-4-6(10(15)16)2-3-7(8)11/h2-5,12H,11H2,1H3,(H,13,14)(H,15,16). The number of nitrogens with two attached hydrogens (primary N) is 1. The fraction of sp³-hybridized carbons (Fsp3) is 0.200. The Morgan fingerprint density at radius 3 is 2.50 bits per heavy atom. The van der Waals surface area contributed by atoms with E-state index in [0.29, 0.717) is 11.4 Å². The third kappa shape index (κ3) is 2.63. The van der Waals surface area contributed by atoms with E-state index >= 15 is 0 Å². The Morgan fingerprint density at radius 1 is 1.38 bits per heavy atom. The van der Waals surface area contributed by atoms with E-state index in [2.05, 4.69) is 5.32 Å². The summed E-state index contributed by atoms with van der Waals surface area (Å²) in [5, 5.41) is 20.1. The lowest BCUT2D eigenvalue weighted by Gasteiger charge is -2.13. The summed E-state index contributed by atoms with van der Waals surface area (Å²) in [5.74, 6) is -2.13. The molecule has 0 aliphatic carbocycles. The van der Waals surface area contributed by atoms with Crippen molar-refractivity contribution in [1.82, 2.24) is 0 Å². The van der Waals surface area contributed by atoms with Crippen LogP contribution in [-0.4, -0.2) is 28.2 Å². The number of nitrogens with one attached hydrogen (secondary N) is 1. The van der Waals surface area contributed by atoms with E-state index in [1.165, 1.54) is 25.1 Å². The van der Waals surface area contributed by atoms with Crippen LogP contribution in [0, 0.1) is 0 Å². The molecule has 16 heavy (non-hydrogen) atoms. The van der Waals surface area contributed by atoms with Gasteiger partial charge in [0.2, 0.25) is 0 Å². The monoisotopic (exact) mass is 224 g/mol. The van der Waals surface area contributed by atoms with Gasteiger partial charge in [-0.1, -0.05) is 0 Å². The van der Waals surface area contributed by atoms with Crippen LogP contribution in [0.25, 0.3) is 0 Å². The minimum absolute atomic E-state index is 0.0503. The van der Waals surface area contributed by atoms with E-state index in [1.54, 1.807) is 0 Å². The highest BCUT2D eigenvalue weighted by Gasteiger charge is 2.13. The van der Waals surface area contributed by atoms with E-state index < -0.39 is 18.0 Å². The van der Waals surface area contributed by atoms with E-state index in [9.17, 15) is 9.59 Å². The van der Waals surface area contributed by atoms with Crippen molar-refractivity contribution in [2.45, 2.75) is 13.0 Å². The molecule has 0 bridgehead atoms. The first-order chi connectivity index (χ1) is 7.41. The Bertz CT molecular complexity index is 431. The van der Waals surface area contributed by atoms with Gasteiger partial charge in [0, 0.05) is 0 Å². The lowest BCUT2D eigenvalue weighted by atomic mass is 10.1. The number of aliphatic carboxylic acids is 1. The Balaban J connectivity index is 2.98. The molecule has 0 saturated heterocycles. The van der Waals surface area contributed by atoms with Gasteiger partial charge in [0.15, 0.2) is 0 Å². The summed E-state index contributed by atoms with van der Waals surface area (Å²) >= 11 is 0. The zero-order chi connectivity index (χ0) is 12.3. The zero-order valence-electron chi connectivity index (χ0n) is 8.60. The summed E-state index contributed by atoms with van der Waals surface area (Å²) in [4.78, 5) is 21.3. The van der Waals surface area contributed by atoms with Crippen molar-refractivity contribution in [1.29, 1.82) is 0 Å². The van der Waals surface area contributed by atoms with Crippen LogP contribution in [0.15, 0.2) is 18.2 Å². The van der Waals surface area contributed by atoms with Crippen LogP contribution in [0.4, 0.5) is 11.4 Å². The van der Waals surface area contributed by atoms with Crippen molar-refractivity contribution in [2.24, 2.45) is 0 Å². The van der Waals surface area contributed by atoms with Crippen LogP contribution >= 0.6 is 0 Å². The largest absolute Gasteiger partial charge is 0.480 e. The molecule has 6 heteroatoms. The van der Waals surface area contributed by atoms with E-state index in [-0.39, 0.29) is 5.56 Å². The molecule has 0 aromatic heterocycles. The average Bonchev–Trinajstić information content (AvgIpc) is 2.20. The Labute approximate surface area is 91.7 Å². The molecule has 1 aromatic carbocycles. The van der Waals surface area contributed by atoms with Crippen molar-refractivity contribution in [3.05, 3.63) is 23.8 Å². The number of nitrogen functional groups attached to an aromatic ring is 1. The minimum Gasteiger partial charge on any atom is -0.480 e. The molecule has 0 radical (unpaired) electrons. The van der Waals surface area contributed by atoms with Crippen molar-refractivity contribution in [2.75, 3.05) is 11.1 Å². The Kier molecular flexibility index (Phi) is 3.34. The number of aromatic carboxylic acids is 1. The van der Waals surface area contributed by atoms with Gasteiger partial charge in [-0.25, -0.2) is 4.79 Å². The maximum atomic E-state index is 10.7. The van der Waals surface area contributed by atoms with Gasteiger partial charge in [-0.3, -0.25) is 4.79 Å². The first kappa shape index (κ1) is 11.8. The highest BCUT2D eigenvalue weighted by molar-refractivity contribution is 5.91. The van der Waals surface area contributed by atoms with Gasteiger partial charge in [-0.05, 0) is 25.1 Å². The van der Waals surface area contributed by atoms with Crippen LogP contribution in [-0.2, 0) is 4.79 Å². The van der Waals surface area contributed by atoms with Gasteiger partial charge in [0.25, 0.3) is 0 Å². The SMILES string of the molecule is CC(Nc1cc(C(=O)O)ccc1N)C(=O)O. The molecule has 6 nitrogen and oxygen atoms in total. The van der Waals surface area contributed by atoms with Gasteiger partial charge in [0.1, 0.15) is 6.04 Å². The molecule has 0 fully saturated rings. The van der Waals surface area contributed by atoms with E-state index in [0.717, 1.165) is 0 Å². The quantitative estimate of drug-likeness (QED) is 0.564. The van der Waals surface area contributed by atoms with Crippen LogP contribution in [0.5, 0.6) is 0 Å². The molecule has 1 aromatic rings. The Hall–Kier alpha value is -2.24. The summed E-state index contributed by atoms with van der Waals surface area (Å²) < 4.78 is 0. The van der Waals surface area contributed by atoms with Gasteiger partial charge < -0.3 is 21.3 Å². The third-order valence-corrected chi connectivity index (χ3v) is 2.04. The maximum Gasteiger partial charge on any atom is 0.335 e.